The summed E-state index contributed by atoms with van der Waals surface area (Å²) in [5, 5.41) is 2.62. The summed E-state index contributed by atoms with van der Waals surface area (Å²) in [4.78, 5) is 9.31. The van der Waals surface area contributed by atoms with Gasteiger partial charge >= 0.3 is 6.18 Å². The fourth-order valence-electron chi connectivity index (χ4n) is 2.24. The molecule has 0 saturated carbocycles. The number of likely N-dealkylation sites (tertiary alicyclic amines) is 1. The van der Waals surface area contributed by atoms with Gasteiger partial charge < -0.3 is 10.2 Å². The number of halogens is 4. The molecule has 1 N–H and O–H groups in total. The van der Waals surface area contributed by atoms with Gasteiger partial charge in [0.15, 0.2) is 5.69 Å². The lowest BCUT2D eigenvalue weighted by atomic mass is 10.1. The highest BCUT2D eigenvalue weighted by Crippen LogP contribution is 2.30. The van der Waals surface area contributed by atoms with E-state index >= 15 is 0 Å². The molecule has 1 aromatic rings. The van der Waals surface area contributed by atoms with Crippen molar-refractivity contribution in [2.75, 3.05) is 25.0 Å². The van der Waals surface area contributed by atoms with E-state index < -0.39 is 17.2 Å². The molecule has 0 aromatic carbocycles. The molecule has 2 rings (SSSR count). The van der Waals surface area contributed by atoms with Gasteiger partial charge in [0.05, 0.1) is 0 Å². The Bertz CT molecular complexity index is 459. The summed E-state index contributed by atoms with van der Waals surface area (Å²) in [5.41, 5.74) is -1.02. The van der Waals surface area contributed by atoms with Crippen molar-refractivity contribution in [3.8, 4) is 0 Å². The van der Waals surface area contributed by atoms with E-state index in [1.54, 1.807) is 0 Å². The number of rotatable bonds is 3. The third kappa shape index (κ3) is 3.96. The van der Waals surface area contributed by atoms with Crippen molar-refractivity contribution in [2.24, 2.45) is 0 Å². The van der Waals surface area contributed by atoms with Crippen molar-refractivity contribution in [3.63, 3.8) is 0 Å². The van der Waals surface area contributed by atoms with Crippen LogP contribution in [0, 0.1) is 0 Å². The summed E-state index contributed by atoms with van der Waals surface area (Å²) in [6.07, 6.45) is -2.78. The van der Waals surface area contributed by atoms with Gasteiger partial charge in [0, 0.05) is 25.2 Å². The normalized spacial score (nSPS) is 18.2. The molecule has 0 unspecified atom stereocenters. The lowest BCUT2D eigenvalue weighted by Crippen LogP contribution is -2.39. The zero-order chi connectivity index (χ0) is 14.8. The van der Waals surface area contributed by atoms with Gasteiger partial charge in [-0.2, -0.15) is 13.2 Å². The van der Waals surface area contributed by atoms with Crippen LogP contribution in [0.3, 0.4) is 0 Å². The summed E-state index contributed by atoms with van der Waals surface area (Å²) in [7, 11) is 0. The Morgan fingerprint density at radius 3 is 2.55 bits per heavy atom. The Kier molecular flexibility index (Phi) is 4.70. The SMILES string of the molecule is CCN1CCC(Nc2cc(C(F)(F)F)nc(Cl)n2)CC1. The molecule has 4 nitrogen and oxygen atoms in total. The number of alkyl halides is 3. The Labute approximate surface area is 120 Å². The Balaban J connectivity index is 2.05. The third-order valence-electron chi connectivity index (χ3n) is 3.38. The number of hydrogen-bond acceptors (Lipinski definition) is 4. The van der Waals surface area contributed by atoms with E-state index in [4.69, 9.17) is 11.6 Å². The van der Waals surface area contributed by atoms with Crippen molar-refractivity contribution in [1.82, 2.24) is 14.9 Å². The largest absolute Gasteiger partial charge is 0.433 e. The first-order valence-corrected chi connectivity index (χ1v) is 6.87. The van der Waals surface area contributed by atoms with E-state index in [9.17, 15) is 13.2 Å². The first-order valence-electron chi connectivity index (χ1n) is 6.49. The quantitative estimate of drug-likeness (QED) is 0.871. The summed E-state index contributed by atoms with van der Waals surface area (Å²) < 4.78 is 37.9. The average molecular weight is 309 g/mol. The Hall–Kier alpha value is -1.08. The fourth-order valence-corrected chi connectivity index (χ4v) is 2.42. The number of anilines is 1. The van der Waals surface area contributed by atoms with E-state index in [0.29, 0.717) is 0 Å². The number of hydrogen-bond donors (Lipinski definition) is 1. The van der Waals surface area contributed by atoms with Gasteiger partial charge in [0.25, 0.3) is 0 Å². The fraction of sp³-hybridized carbons (Fsp3) is 0.667. The molecule has 0 amide bonds. The molecule has 2 heterocycles. The number of nitrogens with zero attached hydrogens (tertiary/aromatic N) is 3. The lowest BCUT2D eigenvalue weighted by Gasteiger charge is -2.31. The van der Waals surface area contributed by atoms with Crippen LogP contribution < -0.4 is 5.32 Å². The average Bonchev–Trinajstić information content (AvgIpc) is 2.38. The summed E-state index contributed by atoms with van der Waals surface area (Å²) in [6, 6.07) is 1.02. The summed E-state index contributed by atoms with van der Waals surface area (Å²) in [5.74, 6) is 0.132. The van der Waals surface area contributed by atoms with Gasteiger partial charge in [0.2, 0.25) is 5.28 Å². The highest BCUT2D eigenvalue weighted by Gasteiger charge is 2.33. The van der Waals surface area contributed by atoms with Crippen molar-refractivity contribution < 1.29 is 13.2 Å². The molecule has 0 radical (unpaired) electrons. The molecule has 0 aliphatic carbocycles. The maximum Gasteiger partial charge on any atom is 0.433 e. The van der Waals surface area contributed by atoms with E-state index in [0.717, 1.165) is 38.5 Å². The van der Waals surface area contributed by atoms with Crippen LogP contribution in [-0.2, 0) is 6.18 Å². The topological polar surface area (TPSA) is 41.0 Å². The maximum absolute atomic E-state index is 12.6. The minimum Gasteiger partial charge on any atom is -0.367 e. The molecule has 1 fully saturated rings. The summed E-state index contributed by atoms with van der Waals surface area (Å²) >= 11 is 5.55. The molecular formula is C12H16ClF3N4. The molecule has 8 heteroatoms. The van der Waals surface area contributed by atoms with E-state index in [-0.39, 0.29) is 11.9 Å². The molecule has 0 bridgehead atoms. The highest BCUT2D eigenvalue weighted by molar-refractivity contribution is 6.28. The predicted molar refractivity (Wildman–Crippen MR) is 70.8 cm³/mol. The van der Waals surface area contributed by atoms with Gasteiger partial charge in [-0.15, -0.1) is 0 Å². The molecule has 0 atom stereocenters. The maximum atomic E-state index is 12.6. The van der Waals surface area contributed by atoms with Crippen LogP contribution in [0.4, 0.5) is 19.0 Å². The highest BCUT2D eigenvalue weighted by atomic mass is 35.5. The van der Waals surface area contributed by atoms with E-state index in [1.807, 2.05) is 0 Å². The second-order valence-corrected chi connectivity index (χ2v) is 5.10. The van der Waals surface area contributed by atoms with Gasteiger partial charge in [-0.1, -0.05) is 6.92 Å². The number of aromatic nitrogens is 2. The van der Waals surface area contributed by atoms with Crippen molar-refractivity contribution in [3.05, 3.63) is 17.0 Å². The zero-order valence-electron chi connectivity index (χ0n) is 11.0. The van der Waals surface area contributed by atoms with Crippen LogP contribution in [-0.4, -0.2) is 40.5 Å². The first-order chi connectivity index (χ1) is 9.38. The minimum atomic E-state index is -4.52. The minimum absolute atomic E-state index is 0.116. The molecule has 112 valence electrons. The van der Waals surface area contributed by atoms with Gasteiger partial charge in [-0.25, -0.2) is 9.97 Å². The smallest absolute Gasteiger partial charge is 0.367 e. The zero-order valence-corrected chi connectivity index (χ0v) is 11.8. The lowest BCUT2D eigenvalue weighted by molar-refractivity contribution is -0.141. The van der Waals surface area contributed by atoms with E-state index in [1.165, 1.54) is 0 Å². The molecule has 1 aliphatic heterocycles. The molecule has 1 saturated heterocycles. The molecule has 1 aromatic heterocycles. The van der Waals surface area contributed by atoms with Crippen LogP contribution in [0.5, 0.6) is 0 Å². The first kappa shape index (κ1) is 15.3. The molecular weight excluding hydrogens is 293 g/mol. The number of piperidine rings is 1. The predicted octanol–water partition coefficient (Wildman–Crippen LogP) is 3.05. The van der Waals surface area contributed by atoms with Crippen LogP contribution in [0.1, 0.15) is 25.5 Å². The summed E-state index contributed by atoms with van der Waals surface area (Å²) in [6.45, 7) is 4.94. The Morgan fingerprint density at radius 1 is 1.35 bits per heavy atom. The molecule has 20 heavy (non-hydrogen) atoms. The van der Waals surface area contributed by atoms with Crippen molar-refractivity contribution >= 4 is 17.4 Å². The van der Waals surface area contributed by atoms with Gasteiger partial charge in [-0.05, 0) is 31.0 Å². The van der Waals surface area contributed by atoms with Crippen LogP contribution in [0.2, 0.25) is 5.28 Å². The number of nitrogens with one attached hydrogen (secondary N) is 1. The van der Waals surface area contributed by atoms with Crippen LogP contribution in [0.25, 0.3) is 0 Å². The second kappa shape index (κ2) is 6.13. The third-order valence-corrected chi connectivity index (χ3v) is 3.55. The Morgan fingerprint density at radius 2 is 2.00 bits per heavy atom. The van der Waals surface area contributed by atoms with Gasteiger partial charge in [-0.3, -0.25) is 0 Å². The van der Waals surface area contributed by atoms with Gasteiger partial charge in [0.1, 0.15) is 5.82 Å². The molecule has 1 aliphatic rings. The van der Waals surface area contributed by atoms with Crippen molar-refractivity contribution in [2.45, 2.75) is 32.0 Å². The monoisotopic (exact) mass is 308 g/mol. The van der Waals surface area contributed by atoms with Crippen molar-refractivity contribution in [1.29, 1.82) is 0 Å². The van der Waals surface area contributed by atoms with Crippen LogP contribution >= 0.6 is 11.6 Å². The van der Waals surface area contributed by atoms with E-state index in [2.05, 4.69) is 27.1 Å². The molecule has 0 spiro atoms. The second-order valence-electron chi connectivity index (χ2n) is 4.76. The standard InChI is InChI=1S/C12H16ClF3N4/c1-2-20-5-3-8(4-6-20)17-10-7-9(12(14,15)16)18-11(13)19-10/h7-8H,2-6H2,1H3,(H,17,18,19). The van der Waals surface area contributed by atoms with Crippen LogP contribution in [0.15, 0.2) is 6.07 Å².